The maximum atomic E-state index is 12.0. The smallest absolute Gasteiger partial charge is 0.225 e. The van der Waals surface area contributed by atoms with Crippen molar-refractivity contribution in [2.45, 2.75) is 45.4 Å². The van der Waals surface area contributed by atoms with Crippen LogP contribution in [0.3, 0.4) is 0 Å². The Kier molecular flexibility index (Phi) is 5.47. The molecule has 0 aromatic heterocycles. The van der Waals surface area contributed by atoms with E-state index in [0.29, 0.717) is 13.0 Å². The van der Waals surface area contributed by atoms with Gasteiger partial charge in [-0.05, 0) is 36.0 Å². The minimum Gasteiger partial charge on any atom is -0.326 e. The fourth-order valence-corrected chi connectivity index (χ4v) is 4.20. The molecule has 0 radical (unpaired) electrons. The normalized spacial score (nSPS) is 18.6. The zero-order valence-corrected chi connectivity index (χ0v) is 14.9. The molecule has 1 aromatic carbocycles. The van der Waals surface area contributed by atoms with Gasteiger partial charge in [0.1, 0.15) is 0 Å². The molecular weight excluding hydrogens is 312 g/mol. The van der Waals surface area contributed by atoms with Gasteiger partial charge in [0.2, 0.25) is 15.9 Å². The number of amides is 1. The van der Waals surface area contributed by atoms with Gasteiger partial charge in [0.25, 0.3) is 0 Å². The molecular formula is C17H26N2O3S. The maximum Gasteiger partial charge on any atom is 0.225 e. The highest BCUT2D eigenvalue weighted by atomic mass is 32.2. The molecule has 1 aliphatic rings. The molecule has 1 saturated heterocycles. The highest BCUT2D eigenvalue weighted by molar-refractivity contribution is 7.89. The second kappa shape index (κ2) is 7.01. The van der Waals surface area contributed by atoms with Crippen molar-refractivity contribution >= 4 is 21.6 Å². The van der Waals surface area contributed by atoms with E-state index in [1.807, 2.05) is 24.3 Å². The summed E-state index contributed by atoms with van der Waals surface area (Å²) in [5.41, 5.74) is 2.02. The van der Waals surface area contributed by atoms with Crippen molar-refractivity contribution in [3.63, 3.8) is 0 Å². The van der Waals surface area contributed by atoms with Gasteiger partial charge in [0.05, 0.1) is 5.75 Å². The zero-order chi connectivity index (χ0) is 17.1. The molecule has 1 N–H and O–H groups in total. The molecule has 2 rings (SSSR count). The number of nitrogens with one attached hydrogen (secondary N) is 1. The molecule has 1 aromatic rings. The molecule has 1 fully saturated rings. The van der Waals surface area contributed by atoms with Crippen molar-refractivity contribution < 1.29 is 13.2 Å². The van der Waals surface area contributed by atoms with Crippen LogP contribution < -0.4 is 5.32 Å². The zero-order valence-electron chi connectivity index (χ0n) is 14.1. The van der Waals surface area contributed by atoms with Crippen molar-refractivity contribution in [1.82, 2.24) is 4.31 Å². The summed E-state index contributed by atoms with van der Waals surface area (Å²) in [6.07, 6.45) is 1.76. The quantitative estimate of drug-likeness (QED) is 0.918. The summed E-state index contributed by atoms with van der Waals surface area (Å²) in [7, 11) is -3.16. The number of carbonyl (C=O) groups is 1. The number of carbonyl (C=O) groups excluding carboxylic acids is 1. The molecule has 0 aliphatic carbocycles. The average Bonchev–Trinajstić information content (AvgIpc) is 2.45. The molecule has 1 heterocycles. The highest BCUT2D eigenvalue weighted by Gasteiger charge is 2.25. The molecule has 0 spiro atoms. The van der Waals surface area contributed by atoms with Crippen LogP contribution in [0.1, 0.15) is 45.6 Å². The van der Waals surface area contributed by atoms with Gasteiger partial charge in [-0.25, -0.2) is 12.7 Å². The third kappa shape index (κ3) is 5.04. The van der Waals surface area contributed by atoms with Crippen molar-refractivity contribution in [2.24, 2.45) is 0 Å². The summed E-state index contributed by atoms with van der Waals surface area (Å²) in [6.45, 7) is 7.20. The van der Waals surface area contributed by atoms with E-state index in [1.54, 1.807) is 0 Å². The Morgan fingerprint density at radius 2 is 1.83 bits per heavy atom. The third-order valence-electron chi connectivity index (χ3n) is 4.08. The largest absolute Gasteiger partial charge is 0.326 e. The summed E-state index contributed by atoms with van der Waals surface area (Å²) in [5.74, 6) is 0.0392. The molecule has 5 nitrogen and oxygen atoms in total. The second-order valence-corrected chi connectivity index (χ2v) is 9.14. The van der Waals surface area contributed by atoms with Crippen molar-refractivity contribution in [3.05, 3.63) is 29.8 Å². The summed E-state index contributed by atoms with van der Waals surface area (Å²) in [5, 5.41) is 2.83. The van der Waals surface area contributed by atoms with Crippen LogP contribution in [0.5, 0.6) is 0 Å². The summed E-state index contributed by atoms with van der Waals surface area (Å²) < 4.78 is 25.2. The summed E-state index contributed by atoms with van der Waals surface area (Å²) in [4.78, 5) is 12.0. The van der Waals surface area contributed by atoms with Crippen LogP contribution >= 0.6 is 0 Å². The fraction of sp³-hybridized carbons (Fsp3) is 0.588. The van der Waals surface area contributed by atoms with Crippen LogP contribution in [0.25, 0.3) is 0 Å². The predicted molar refractivity (Wildman–Crippen MR) is 93.0 cm³/mol. The minimum atomic E-state index is -3.16. The molecule has 6 heteroatoms. The lowest BCUT2D eigenvalue weighted by Crippen LogP contribution is -2.39. The van der Waals surface area contributed by atoms with Gasteiger partial charge >= 0.3 is 0 Å². The van der Waals surface area contributed by atoms with E-state index in [-0.39, 0.29) is 30.0 Å². The van der Waals surface area contributed by atoms with E-state index < -0.39 is 10.0 Å². The van der Waals surface area contributed by atoms with Crippen LogP contribution in [-0.2, 0) is 20.2 Å². The molecule has 0 atom stereocenters. The third-order valence-corrected chi connectivity index (χ3v) is 6.03. The van der Waals surface area contributed by atoms with Crippen LogP contribution in [0.4, 0.5) is 5.69 Å². The Labute approximate surface area is 139 Å². The second-order valence-electron chi connectivity index (χ2n) is 7.05. The van der Waals surface area contributed by atoms with Crippen molar-refractivity contribution in [2.75, 3.05) is 24.2 Å². The maximum absolute atomic E-state index is 12.0. The molecule has 0 saturated carbocycles. The van der Waals surface area contributed by atoms with Gasteiger partial charge in [-0.2, -0.15) is 0 Å². The van der Waals surface area contributed by atoms with E-state index in [4.69, 9.17) is 0 Å². The lowest BCUT2D eigenvalue weighted by atomic mass is 9.87. The molecule has 0 unspecified atom stereocenters. The highest BCUT2D eigenvalue weighted by Crippen LogP contribution is 2.23. The molecule has 128 valence electrons. The minimum absolute atomic E-state index is 0.0746. The standard InChI is InChI=1S/C17H26N2O3S/c1-17(2,3)14-6-8-15(9-7-14)18-16(20)10-12-19-11-4-5-13-23(19,21)22/h6-9H,4-5,10-13H2,1-3H3,(H,18,20). The fourth-order valence-electron chi connectivity index (χ4n) is 2.59. The van der Waals surface area contributed by atoms with Crippen LogP contribution in [0.2, 0.25) is 0 Å². The van der Waals surface area contributed by atoms with Crippen LogP contribution in [0, 0.1) is 0 Å². The van der Waals surface area contributed by atoms with E-state index >= 15 is 0 Å². The van der Waals surface area contributed by atoms with E-state index in [0.717, 1.165) is 12.1 Å². The van der Waals surface area contributed by atoms with Crippen molar-refractivity contribution in [3.8, 4) is 0 Å². The number of hydrogen-bond acceptors (Lipinski definition) is 3. The molecule has 0 bridgehead atoms. The molecule has 23 heavy (non-hydrogen) atoms. The Hall–Kier alpha value is -1.40. The lowest BCUT2D eigenvalue weighted by Gasteiger charge is -2.25. The van der Waals surface area contributed by atoms with E-state index in [9.17, 15) is 13.2 Å². The number of benzene rings is 1. The predicted octanol–water partition coefficient (Wildman–Crippen LogP) is 2.74. The Bertz CT molecular complexity index is 645. The van der Waals surface area contributed by atoms with Gasteiger partial charge in [0.15, 0.2) is 0 Å². The molecule has 1 aliphatic heterocycles. The summed E-state index contributed by atoms with van der Waals surface area (Å²) >= 11 is 0. The first-order valence-electron chi connectivity index (χ1n) is 8.07. The van der Waals surface area contributed by atoms with E-state index in [2.05, 4.69) is 26.1 Å². The van der Waals surface area contributed by atoms with Gasteiger partial charge in [-0.1, -0.05) is 32.9 Å². The average molecular weight is 338 g/mol. The monoisotopic (exact) mass is 338 g/mol. The van der Waals surface area contributed by atoms with Crippen molar-refractivity contribution in [1.29, 1.82) is 0 Å². The Balaban J connectivity index is 1.87. The summed E-state index contributed by atoms with van der Waals surface area (Å²) in [6, 6.07) is 7.78. The van der Waals surface area contributed by atoms with Gasteiger partial charge in [-0.3, -0.25) is 4.79 Å². The van der Waals surface area contributed by atoms with Crippen LogP contribution in [-0.4, -0.2) is 37.5 Å². The number of anilines is 1. The van der Waals surface area contributed by atoms with E-state index in [1.165, 1.54) is 9.87 Å². The number of nitrogens with zero attached hydrogens (tertiary/aromatic N) is 1. The first-order chi connectivity index (χ1) is 10.7. The first-order valence-corrected chi connectivity index (χ1v) is 9.68. The van der Waals surface area contributed by atoms with Gasteiger partial charge < -0.3 is 5.32 Å². The lowest BCUT2D eigenvalue weighted by molar-refractivity contribution is -0.116. The van der Waals surface area contributed by atoms with Gasteiger partial charge in [0, 0.05) is 25.2 Å². The number of hydrogen-bond donors (Lipinski definition) is 1. The molecule has 1 amide bonds. The Morgan fingerprint density at radius 3 is 2.39 bits per heavy atom. The first kappa shape index (κ1) is 17.9. The Morgan fingerprint density at radius 1 is 1.17 bits per heavy atom. The number of rotatable bonds is 4. The topological polar surface area (TPSA) is 66.5 Å². The SMILES string of the molecule is CC(C)(C)c1ccc(NC(=O)CCN2CCCCS2(=O)=O)cc1. The van der Waals surface area contributed by atoms with Gasteiger partial charge in [-0.15, -0.1) is 0 Å². The van der Waals surface area contributed by atoms with Crippen LogP contribution in [0.15, 0.2) is 24.3 Å². The number of sulfonamides is 1.